The molecule has 1 saturated heterocycles. The number of aliphatic hydroxyl groups is 1. The molecule has 1 N–H and O–H groups in total. The Bertz CT molecular complexity index is 464. The number of allylic oxidation sites excluding steroid dienone is 2. The van der Waals surface area contributed by atoms with Crippen LogP contribution in [0, 0.1) is 6.42 Å². The Morgan fingerprint density at radius 2 is 1.73 bits per heavy atom. The standard InChI is InChI=1S/C19H29N2O/c22-19(9-1-2-10-19)16-5-3-8-18(15-16)21-13-11-20(12-14-21)17-6-4-7-17/h5,8,15,17,22H,1-4,6-7,9-14H2. The smallest absolute Gasteiger partial charge is 0.0894 e. The minimum absolute atomic E-state index is 0.534. The van der Waals surface area contributed by atoms with E-state index in [9.17, 15) is 5.11 Å². The molecule has 0 aromatic carbocycles. The number of hydrogen-bond acceptors (Lipinski definition) is 3. The lowest BCUT2D eigenvalue weighted by Gasteiger charge is -2.44. The molecule has 4 aliphatic rings. The Balaban J connectivity index is 1.40. The van der Waals surface area contributed by atoms with Crippen LogP contribution in [0.15, 0.2) is 23.4 Å². The predicted octanol–water partition coefficient (Wildman–Crippen LogP) is 2.88. The van der Waals surface area contributed by atoms with Crippen molar-refractivity contribution >= 4 is 0 Å². The number of hydrogen-bond donors (Lipinski definition) is 1. The highest BCUT2D eigenvalue weighted by Gasteiger charge is 2.35. The molecule has 3 fully saturated rings. The summed E-state index contributed by atoms with van der Waals surface area (Å²) in [6.45, 7) is 4.70. The molecule has 1 aliphatic heterocycles. The second kappa shape index (κ2) is 6.01. The largest absolute Gasteiger partial charge is 0.385 e. The molecule has 0 aromatic heterocycles. The van der Waals surface area contributed by atoms with Gasteiger partial charge in [-0.3, -0.25) is 4.90 Å². The topological polar surface area (TPSA) is 26.7 Å². The molecule has 121 valence electrons. The number of rotatable bonds is 3. The van der Waals surface area contributed by atoms with Gasteiger partial charge in [0.25, 0.3) is 0 Å². The summed E-state index contributed by atoms with van der Waals surface area (Å²) < 4.78 is 0. The molecule has 1 radical (unpaired) electrons. The van der Waals surface area contributed by atoms with Gasteiger partial charge in [0, 0.05) is 44.3 Å². The van der Waals surface area contributed by atoms with Crippen molar-refractivity contribution in [2.24, 2.45) is 0 Å². The van der Waals surface area contributed by atoms with E-state index < -0.39 is 5.60 Å². The highest BCUT2D eigenvalue weighted by Crippen LogP contribution is 2.39. The van der Waals surface area contributed by atoms with Crippen LogP contribution in [-0.4, -0.2) is 52.7 Å². The van der Waals surface area contributed by atoms with Gasteiger partial charge in [0.05, 0.1) is 5.60 Å². The maximum atomic E-state index is 10.8. The first-order valence-electron chi connectivity index (χ1n) is 9.22. The minimum atomic E-state index is -0.534. The third-order valence-electron chi connectivity index (χ3n) is 6.21. The lowest BCUT2D eigenvalue weighted by molar-refractivity contribution is 0.0737. The molecule has 22 heavy (non-hydrogen) atoms. The normalized spacial score (nSPS) is 30.0. The van der Waals surface area contributed by atoms with Gasteiger partial charge in [-0.15, -0.1) is 0 Å². The first-order chi connectivity index (χ1) is 10.7. The molecule has 3 nitrogen and oxygen atoms in total. The minimum Gasteiger partial charge on any atom is -0.385 e. The number of piperazine rings is 1. The highest BCUT2D eigenvalue weighted by atomic mass is 16.3. The van der Waals surface area contributed by atoms with E-state index in [1.807, 2.05) is 0 Å². The molecular weight excluding hydrogens is 272 g/mol. The van der Waals surface area contributed by atoms with Gasteiger partial charge in [-0.2, -0.15) is 0 Å². The average Bonchev–Trinajstić information content (AvgIpc) is 2.95. The molecule has 3 aliphatic carbocycles. The van der Waals surface area contributed by atoms with Crippen molar-refractivity contribution in [1.82, 2.24) is 9.80 Å². The van der Waals surface area contributed by atoms with Crippen molar-refractivity contribution in [2.45, 2.75) is 63.0 Å². The summed E-state index contributed by atoms with van der Waals surface area (Å²) in [6.07, 6.45) is 16.3. The molecule has 0 amide bonds. The van der Waals surface area contributed by atoms with Crippen molar-refractivity contribution < 1.29 is 5.11 Å². The summed E-state index contributed by atoms with van der Waals surface area (Å²) in [5, 5.41) is 10.8. The van der Waals surface area contributed by atoms with Gasteiger partial charge in [0.1, 0.15) is 0 Å². The SMILES string of the molecule is OC1(C2=CC[CH]C(N3CCN(C4CCC4)CC3)=C2)CCCC1. The van der Waals surface area contributed by atoms with Crippen molar-refractivity contribution in [1.29, 1.82) is 0 Å². The fourth-order valence-electron chi connectivity index (χ4n) is 4.47. The Kier molecular flexibility index (Phi) is 4.04. The van der Waals surface area contributed by atoms with Gasteiger partial charge in [0.15, 0.2) is 0 Å². The summed E-state index contributed by atoms with van der Waals surface area (Å²) in [5.74, 6) is 0. The molecule has 0 spiro atoms. The summed E-state index contributed by atoms with van der Waals surface area (Å²) in [7, 11) is 0. The number of nitrogens with zero attached hydrogens (tertiary/aromatic N) is 2. The van der Waals surface area contributed by atoms with E-state index in [0.29, 0.717) is 0 Å². The van der Waals surface area contributed by atoms with Gasteiger partial charge < -0.3 is 10.0 Å². The summed E-state index contributed by atoms with van der Waals surface area (Å²) >= 11 is 0. The molecule has 4 rings (SSSR count). The third-order valence-corrected chi connectivity index (χ3v) is 6.21. The van der Waals surface area contributed by atoms with Crippen LogP contribution in [0.5, 0.6) is 0 Å². The molecule has 0 bridgehead atoms. The Labute approximate surface area is 134 Å². The van der Waals surface area contributed by atoms with E-state index in [1.54, 1.807) is 0 Å². The molecule has 2 saturated carbocycles. The van der Waals surface area contributed by atoms with E-state index in [4.69, 9.17) is 0 Å². The van der Waals surface area contributed by atoms with Crippen molar-refractivity contribution in [3.63, 3.8) is 0 Å². The van der Waals surface area contributed by atoms with Gasteiger partial charge in [-0.05, 0) is 43.8 Å². The van der Waals surface area contributed by atoms with Crippen LogP contribution in [0.3, 0.4) is 0 Å². The fourth-order valence-corrected chi connectivity index (χ4v) is 4.47. The summed E-state index contributed by atoms with van der Waals surface area (Å²) in [5.41, 5.74) is 2.00. The summed E-state index contributed by atoms with van der Waals surface area (Å²) in [4.78, 5) is 5.21. The average molecular weight is 301 g/mol. The molecule has 0 atom stereocenters. The molecule has 1 heterocycles. The molecular formula is C19H29N2O. The van der Waals surface area contributed by atoms with E-state index in [0.717, 1.165) is 38.4 Å². The third kappa shape index (κ3) is 2.74. The highest BCUT2D eigenvalue weighted by molar-refractivity contribution is 5.39. The van der Waals surface area contributed by atoms with Gasteiger partial charge in [0.2, 0.25) is 0 Å². The molecule has 0 unspecified atom stereocenters. The second-order valence-corrected chi connectivity index (χ2v) is 7.51. The van der Waals surface area contributed by atoms with Crippen LogP contribution in [-0.2, 0) is 0 Å². The van der Waals surface area contributed by atoms with Crippen LogP contribution in [0.2, 0.25) is 0 Å². The predicted molar refractivity (Wildman–Crippen MR) is 89.3 cm³/mol. The molecule has 3 heteroatoms. The zero-order chi connectivity index (χ0) is 15.0. The fraction of sp³-hybridized carbons (Fsp3) is 0.737. The van der Waals surface area contributed by atoms with Gasteiger partial charge >= 0.3 is 0 Å². The van der Waals surface area contributed by atoms with Crippen LogP contribution < -0.4 is 0 Å². The van der Waals surface area contributed by atoms with Crippen molar-refractivity contribution in [2.75, 3.05) is 26.2 Å². The lowest BCUT2D eigenvalue weighted by atomic mass is 9.87. The van der Waals surface area contributed by atoms with Crippen molar-refractivity contribution in [3.8, 4) is 0 Å². The quantitative estimate of drug-likeness (QED) is 0.868. The summed E-state index contributed by atoms with van der Waals surface area (Å²) in [6, 6.07) is 0.876. The second-order valence-electron chi connectivity index (χ2n) is 7.51. The van der Waals surface area contributed by atoms with Crippen LogP contribution in [0.1, 0.15) is 51.4 Å². The molecule has 0 aromatic rings. The first-order valence-corrected chi connectivity index (χ1v) is 9.22. The maximum Gasteiger partial charge on any atom is 0.0894 e. The van der Waals surface area contributed by atoms with Gasteiger partial charge in [-0.1, -0.05) is 25.3 Å². The van der Waals surface area contributed by atoms with E-state index in [2.05, 4.69) is 28.4 Å². The van der Waals surface area contributed by atoms with Crippen LogP contribution in [0.25, 0.3) is 0 Å². The zero-order valence-electron chi connectivity index (χ0n) is 13.6. The lowest BCUT2D eigenvalue weighted by Crippen LogP contribution is -2.52. The van der Waals surface area contributed by atoms with Gasteiger partial charge in [-0.25, -0.2) is 0 Å². The van der Waals surface area contributed by atoms with Crippen molar-refractivity contribution in [3.05, 3.63) is 29.8 Å². The Morgan fingerprint density at radius 1 is 1.00 bits per heavy atom. The van der Waals surface area contributed by atoms with E-state index in [-0.39, 0.29) is 0 Å². The zero-order valence-corrected chi connectivity index (χ0v) is 13.6. The van der Waals surface area contributed by atoms with Crippen LogP contribution in [0.4, 0.5) is 0 Å². The van der Waals surface area contributed by atoms with Crippen LogP contribution >= 0.6 is 0 Å². The Morgan fingerprint density at radius 3 is 2.36 bits per heavy atom. The van der Waals surface area contributed by atoms with E-state index in [1.165, 1.54) is 56.5 Å². The first kappa shape index (κ1) is 14.8. The monoisotopic (exact) mass is 301 g/mol. The Hall–Kier alpha value is -0.800. The van der Waals surface area contributed by atoms with E-state index >= 15 is 0 Å². The maximum absolute atomic E-state index is 10.8.